The van der Waals surface area contributed by atoms with E-state index < -0.39 is 0 Å². The summed E-state index contributed by atoms with van der Waals surface area (Å²) in [7, 11) is 0. The lowest BCUT2D eigenvalue weighted by Crippen LogP contribution is -1.89. The number of aromatic nitrogens is 1. The van der Waals surface area contributed by atoms with Crippen LogP contribution in [0.25, 0.3) is 10.6 Å². The number of aliphatic hydroxyl groups is 1. The summed E-state index contributed by atoms with van der Waals surface area (Å²) in [5, 5.41) is 12.7. The molecule has 0 spiro atoms. The molecule has 2 nitrogen and oxygen atoms in total. The van der Waals surface area contributed by atoms with Gasteiger partial charge in [-0.2, -0.15) is 0 Å². The summed E-state index contributed by atoms with van der Waals surface area (Å²) in [6.45, 7) is 0. The second-order valence-electron chi connectivity index (χ2n) is 3.81. The standard InChI is InChI=1S/C12H11NOS/c14-11-4-2-8-7-9(1-3-10(8)11)12-13-5-6-15-12/h1,3,5-7,11,14H,2,4H2. The highest BCUT2D eigenvalue weighted by molar-refractivity contribution is 7.13. The number of hydrogen-bond acceptors (Lipinski definition) is 3. The molecule has 1 aromatic carbocycles. The first-order valence-electron chi connectivity index (χ1n) is 5.05. The van der Waals surface area contributed by atoms with E-state index in [0.717, 1.165) is 29.0 Å². The molecule has 0 amide bonds. The van der Waals surface area contributed by atoms with Crippen molar-refractivity contribution in [2.45, 2.75) is 18.9 Å². The van der Waals surface area contributed by atoms with Gasteiger partial charge in [-0.3, -0.25) is 0 Å². The Morgan fingerprint density at radius 3 is 3.13 bits per heavy atom. The zero-order chi connectivity index (χ0) is 10.3. The Hall–Kier alpha value is -1.19. The van der Waals surface area contributed by atoms with E-state index in [0.29, 0.717) is 0 Å². The van der Waals surface area contributed by atoms with E-state index in [4.69, 9.17) is 0 Å². The molecular weight excluding hydrogens is 206 g/mol. The zero-order valence-electron chi connectivity index (χ0n) is 8.18. The number of aryl methyl sites for hydroxylation is 1. The Kier molecular flexibility index (Phi) is 2.08. The number of fused-ring (bicyclic) bond motifs is 1. The van der Waals surface area contributed by atoms with Gasteiger partial charge in [0.2, 0.25) is 0 Å². The van der Waals surface area contributed by atoms with Gasteiger partial charge in [0.05, 0.1) is 6.10 Å². The Labute approximate surface area is 92.2 Å². The van der Waals surface area contributed by atoms with Gasteiger partial charge in [0.25, 0.3) is 0 Å². The molecule has 15 heavy (non-hydrogen) atoms. The van der Waals surface area contributed by atoms with E-state index in [1.807, 2.05) is 23.7 Å². The maximum atomic E-state index is 9.69. The largest absolute Gasteiger partial charge is 0.388 e. The van der Waals surface area contributed by atoms with Crippen molar-refractivity contribution in [3.8, 4) is 10.6 Å². The number of benzene rings is 1. The third-order valence-electron chi connectivity index (χ3n) is 2.87. The van der Waals surface area contributed by atoms with E-state index in [9.17, 15) is 5.11 Å². The van der Waals surface area contributed by atoms with Crippen molar-refractivity contribution >= 4 is 11.3 Å². The molecule has 1 aromatic heterocycles. The van der Waals surface area contributed by atoms with Gasteiger partial charge in [-0.15, -0.1) is 11.3 Å². The Balaban J connectivity index is 2.07. The van der Waals surface area contributed by atoms with E-state index in [2.05, 4.69) is 11.1 Å². The van der Waals surface area contributed by atoms with Gasteiger partial charge in [-0.1, -0.05) is 12.1 Å². The number of aliphatic hydroxyl groups excluding tert-OH is 1. The number of thiazole rings is 1. The molecule has 76 valence electrons. The fraction of sp³-hybridized carbons (Fsp3) is 0.250. The monoisotopic (exact) mass is 217 g/mol. The van der Waals surface area contributed by atoms with Crippen molar-refractivity contribution in [3.05, 3.63) is 40.9 Å². The predicted molar refractivity (Wildman–Crippen MR) is 60.8 cm³/mol. The van der Waals surface area contributed by atoms with E-state index in [1.165, 1.54) is 5.56 Å². The minimum absolute atomic E-state index is 0.259. The minimum Gasteiger partial charge on any atom is -0.388 e. The molecule has 2 aromatic rings. The lowest BCUT2D eigenvalue weighted by atomic mass is 10.1. The van der Waals surface area contributed by atoms with Crippen LogP contribution in [0.2, 0.25) is 0 Å². The molecule has 3 rings (SSSR count). The van der Waals surface area contributed by atoms with Crippen LogP contribution in [0.1, 0.15) is 23.7 Å². The average Bonchev–Trinajstić information content (AvgIpc) is 2.88. The summed E-state index contributed by atoms with van der Waals surface area (Å²) in [6.07, 6.45) is 3.40. The summed E-state index contributed by atoms with van der Waals surface area (Å²) in [5.74, 6) is 0. The SMILES string of the molecule is OC1CCc2cc(-c3nccs3)ccc21. The first-order valence-corrected chi connectivity index (χ1v) is 5.93. The van der Waals surface area contributed by atoms with Crippen LogP contribution < -0.4 is 0 Å². The highest BCUT2D eigenvalue weighted by Gasteiger charge is 2.20. The van der Waals surface area contributed by atoms with Crippen LogP contribution >= 0.6 is 11.3 Å². The molecule has 1 unspecified atom stereocenters. The molecule has 0 bridgehead atoms. The summed E-state index contributed by atoms with van der Waals surface area (Å²) in [6, 6.07) is 6.24. The van der Waals surface area contributed by atoms with Crippen LogP contribution in [0.15, 0.2) is 29.8 Å². The van der Waals surface area contributed by atoms with Crippen LogP contribution in [0, 0.1) is 0 Å². The molecule has 3 heteroatoms. The molecule has 0 saturated heterocycles. The molecule has 1 N–H and O–H groups in total. The van der Waals surface area contributed by atoms with Crippen LogP contribution in [0.5, 0.6) is 0 Å². The summed E-state index contributed by atoms with van der Waals surface area (Å²) in [5.41, 5.74) is 3.53. The summed E-state index contributed by atoms with van der Waals surface area (Å²) in [4.78, 5) is 4.29. The van der Waals surface area contributed by atoms with Crippen molar-refractivity contribution in [3.63, 3.8) is 0 Å². The first kappa shape index (κ1) is 9.07. The van der Waals surface area contributed by atoms with Crippen molar-refractivity contribution < 1.29 is 5.11 Å². The normalized spacial score (nSPS) is 19.1. The molecule has 1 aliphatic carbocycles. The fourth-order valence-electron chi connectivity index (χ4n) is 2.09. The zero-order valence-corrected chi connectivity index (χ0v) is 9.00. The lowest BCUT2D eigenvalue weighted by molar-refractivity contribution is 0.180. The van der Waals surface area contributed by atoms with Crippen LogP contribution in [-0.4, -0.2) is 10.1 Å². The number of nitrogens with zero attached hydrogens (tertiary/aromatic N) is 1. The smallest absolute Gasteiger partial charge is 0.123 e. The van der Waals surface area contributed by atoms with Crippen LogP contribution in [0.3, 0.4) is 0 Å². The maximum Gasteiger partial charge on any atom is 0.123 e. The number of hydrogen-bond donors (Lipinski definition) is 1. The van der Waals surface area contributed by atoms with Gasteiger partial charge in [0.15, 0.2) is 0 Å². The molecule has 0 fully saturated rings. The summed E-state index contributed by atoms with van der Waals surface area (Å²) < 4.78 is 0. The maximum absolute atomic E-state index is 9.69. The third kappa shape index (κ3) is 1.48. The average molecular weight is 217 g/mol. The lowest BCUT2D eigenvalue weighted by Gasteiger charge is -2.04. The van der Waals surface area contributed by atoms with Crippen molar-refractivity contribution in [1.82, 2.24) is 4.98 Å². The van der Waals surface area contributed by atoms with Crippen molar-refractivity contribution in [2.75, 3.05) is 0 Å². The van der Waals surface area contributed by atoms with Gasteiger partial charge in [0.1, 0.15) is 5.01 Å². The molecule has 0 saturated carbocycles. The molecule has 1 aliphatic rings. The molecule has 1 heterocycles. The van der Waals surface area contributed by atoms with Crippen LogP contribution in [-0.2, 0) is 6.42 Å². The van der Waals surface area contributed by atoms with Gasteiger partial charge in [-0.25, -0.2) is 4.98 Å². The Morgan fingerprint density at radius 2 is 2.33 bits per heavy atom. The second-order valence-corrected chi connectivity index (χ2v) is 4.70. The highest BCUT2D eigenvalue weighted by Crippen LogP contribution is 2.34. The van der Waals surface area contributed by atoms with Gasteiger partial charge >= 0.3 is 0 Å². The van der Waals surface area contributed by atoms with Crippen LogP contribution in [0.4, 0.5) is 0 Å². The quantitative estimate of drug-likeness (QED) is 0.796. The van der Waals surface area contributed by atoms with Gasteiger partial charge in [0, 0.05) is 17.1 Å². The third-order valence-corrected chi connectivity index (χ3v) is 3.69. The highest BCUT2D eigenvalue weighted by atomic mass is 32.1. The van der Waals surface area contributed by atoms with E-state index in [1.54, 1.807) is 11.3 Å². The Morgan fingerprint density at radius 1 is 1.40 bits per heavy atom. The molecular formula is C12H11NOS. The van der Waals surface area contributed by atoms with Crippen molar-refractivity contribution in [1.29, 1.82) is 0 Å². The minimum atomic E-state index is -0.259. The topological polar surface area (TPSA) is 33.1 Å². The second kappa shape index (κ2) is 3.43. The number of rotatable bonds is 1. The van der Waals surface area contributed by atoms with E-state index >= 15 is 0 Å². The molecule has 1 atom stereocenters. The first-order chi connectivity index (χ1) is 7.34. The summed E-state index contributed by atoms with van der Waals surface area (Å²) >= 11 is 1.65. The van der Waals surface area contributed by atoms with E-state index in [-0.39, 0.29) is 6.10 Å². The Bertz CT molecular complexity index is 478. The van der Waals surface area contributed by atoms with Crippen molar-refractivity contribution in [2.24, 2.45) is 0 Å². The molecule has 0 aliphatic heterocycles. The van der Waals surface area contributed by atoms with Gasteiger partial charge in [-0.05, 0) is 30.0 Å². The van der Waals surface area contributed by atoms with Gasteiger partial charge < -0.3 is 5.11 Å². The predicted octanol–water partition coefficient (Wildman–Crippen LogP) is 2.79. The fourth-order valence-corrected chi connectivity index (χ4v) is 2.73. The molecule has 0 radical (unpaired) electrons.